The third-order valence-corrected chi connectivity index (χ3v) is 6.09. The molecule has 2 saturated heterocycles. The minimum atomic E-state index is -0.848. The summed E-state index contributed by atoms with van der Waals surface area (Å²) in [5, 5.41) is 13.2. The van der Waals surface area contributed by atoms with Crippen LogP contribution in [0.2, 0.25) is 0 Å². The van der Waals surface area contributed by atoms with Crippen LogP contribution >= 0.6 is 0 Å². The van der Waals surface area contributed by atoms with E-state index in [1.807, 2.05) is 30.3 Å². The molecule has 0 aliphatic carbocycles. The summed E-state index contributed by atoms with van der Waals surface area (Å²) in [5.41, 5.74) is 1.55. The first-order valence-corrected chi connectivity index (χ1v) is 10.9. The Hall–Kier alpha value is -3.63. The van der Waals surface area contributed by atoms with E-state index in [9.17, 15) is 4.79 Å². The molecule has 0 amide bonds. The number of anilines is 2. The van der Waals surface area contributed by atoms with Crippen LogP contribution in [-0.4, -0.2) is 66.8 Å². The van der Waals surface area contributed by atoms with Gasteiger partial charge in [-0.25, -0.2) is 9.97 Å². The number of ether oxygens (including phenoxy) is 5. The number of nitrogens with one attached hydrogen (secondary N) is 1. The molecule has 2 aliphatic heterocycles. The highest BCUT2D eigenvalue weighted by atomic mass is 16.6. The van der Waals surface area contributed by atoms with Gasteiger partial charge in [-0.05, 0) is 30.3 Å². The van der Waals surface area contributed by atoms with E-state index < -0.39 is 5.97 Å². The number of carboxylic acids is 1. The van der Waals surface area contributed by atoms with Crippen LogP contribution in [0, 0.1) is 5.92 Å². The number of carboxylic acid groups (broad SMARTS) is 1. The summed E-state index contributed by atoms with van der Waals surface area (Å²) >= 11 is 0. The molecule has 2 fully saturated rings. The van der Waals surface area contributed by atoms with Crippen LogP contribution < -0.4 is 19.5 Å². The van der Waals surface area contributed by atoms with Crippen LogP contribution in [0.5, 0.6) is 17.2 Å². The third kappa shape index (κ3) is 4.29. The van der Waals surface area contributed by atoms with E-state index in [-0.39, 0.29) is 30.7 Å². The van der Waals surface area contributed by atoms with Gasteiger partial charge >= 0.3 is 5.97 Å². The molecule has 10 heteroatoms. The predicted molar refractivity (Wildman–Crippen MR) is 122 cm³/mol. The van der Waals surface area contributed by atoms with Crippen molar-refractivity contribution >= 4 is 28.4 Å². The van der Waals surface area contributed by atoms with E-state index in [1.54, 1.807) is 20.3 Å². The zero-order chi connectivity index (χ0) is 23.7. The molecule has 0 saturated carbocycles. The van der Waals surface area contributed by atoms with Gasteiger partial charge in [-0.3, -0.25) is 4.79 Å². The Labute approximate surface area is 195 Å². The van der Waals surface area contributed by atoms with Gasteiger partial charge in [-0.15, -0.1) is 0 Å². The monoisotopic (exact) mass is 467 g/mol. The highest BCUT2D eigenvalue weighted by molar-refractivity contribution is 5.93. The molecule has 2 aromatic carbocycles. The van der Waals surface area contributed by atoms with Crippen molar-refractivity contribution in [3.05, 3.63) is 42.7 Å². The summed E-state index contributed by atoms with van der Waals surface area (Å²) in [5.74, 6) is 1.50. The first-order chi connectivity index (χ1) is 16.6. The van der Waals surface area contributed by atoms with Gasteiger partial charge in [-0.1, -0.05) is 0 Å². The van der Waals surface area contributed by atoms with Crippen LogP contribution in [0.25, 0.3) is 10.9 Å². The quantitative estimate of drug-likeness (QED) is 0.511. The van der Waals surface area contributed by atoms with Crippen LogP contribution in [-0.2, 0) is 14.3 Å². The lowest BCUT2D eigenvalue weighted by atomic mass is 9.98. The molecule has 5 rings (SSSR count). The van der Waals surface area contributed by atoms with Gasteiger partial charge < -0.3 is 34.1 Å². The highest BCUT2D eigenvalue weighted by Gasteiger charge is 2.49. The molecule has 0 unspecified atom stereocenters. The van der Waals surface area contributed by atoms with Crippen molar-refractivity contribution in [1.82, 2.24) is 9.97 Å². The third-order valence-electron chi connectivity index (χ3n) is 6.09. The Morgan fingerprint density at radius 3 is 2.53 bits per heavy atom. The van der Waals surface area contributed by atoms with Crippen molar-refractivity contribution < 1.29 is 33.6 Å². The zero-order valence-electron chi connectivity index (χ0n) is 18.8. The Morgan fingerprint density at radius 1 is 1.06 bits per heavy atom. The first kappa shape index (κ1) is 22.2. The standard InChI is InChI=1S/C24H25N3O7/c1-30-18-8-16-17(9-19(18)31-2)25-12-26-24(16)27-14-3-5-15(6-4-14)34-20-11-33-22-13(7-21(28)29)10-32-23(20)22/h3-6,8-9,12-13,20,22-23H,7,10-11H2,1-2H3,(H,28,29)(H,25,26,27)/t13-,20-,22+,23-/m0/s1. The van der Waals surface area contributed by atoms with Gasteiger partial charge in [0.15, 0.2) is 17.6 Å². The van der Waals surface area contributed by atoms with Crippen molar-refractivity contribution in [3.63, 3.8) is 0 Å². The van der Waals surface area contributed by atoms with Gasteiger partial charge in [-0.2, -0.15) is 0 Å². The summed E-state index contributed by atoms with van der Waals surface area (Å²) in [6.07, 6.45) is 0.732. The van der Waals surface area contributed by atoms with Crippen molar-refractivity contribution in [1.29, 1.82) is 0 Å². The van der Waals surface area contributed by atoms with Gasteiger partial charge in [0.25, 0.3) is 0 Å². The number of hydrogen-bond acceptors (Lipinski definition) is 9. The number of hydrogen-bond donors (Lipinski definition) is 2. The fourth-order valence-electron chi connectivity index (χ4n) is 4.45. The van der Waals surface area contributed by atoms with Gasteiger partial charge in [0.1, 0.15) is 24.0 Å². The highest BCUT2D eigenvalue weighted by Crippen LogP contribution is 2.36. The molecule has 0 bridgehead atoms. The van der Waals surface area contributed by atoms with Gasteiger partial charge in [0.2, 0.25) is 0 Å². The zero-order valence-corrected chi connectivity index (χ0v) is 18.8. The molecule has 10 nitrogen and oxygen atoms in total. The van der Waals surface area contributed by atoms with Crippen LogP contribution in [0.15, 0.2) is 42.7 Å². The van der Waals surface area contributed by atoms with Crippen LogP contribution in [0.1, 0.15) is 6.42 Å². The van der Waals surface area contributed by atoms with Crippen molar-refractivity contribution in [3.8, 4) is 17.2 Å². The minimum absolute atomic E-state index is 0.0324. The number of carbonyl (C=O) groups is 1. The van der Waals surface area contributed by atoms with E-state index in [0.29, 0.717) is 36.3 Å². The molecule has 3 heterocycles. The number of nitrogens with zero attached hydrogens (tertiary/aromatic N) is 2. The Kier molecular flexibility index (Phi) is 6.08. The SMILES string of the molecule is COc1cc2ncnc(Nc3ccc(O[C@H]4CO[C@@H]5[C@@H](CC(=O)O)CO[C@H]54)cc3)c2cc1OC. The smallest absolute Gasteiger partial charge is 0.303 e. The molecule has 2 N–H and O–H groups in total. The summed E-state index contributed by atoms with van der Waals surface area (Å²) in [6, 6.07) is 11.1. The van der Waals surface area contributed by atoms with E-state index in [2.05, 4.69) is 15.3 Å². The molecule has 2 aliphatic rings. The van der Waals surface area contributed by atoms with E-state index in [4.69, 9.17) is 28.8 Å². The maximum absolute atomic E-state index is 11.0. The number of rotatable bonds is 8. The predicted octanol–water partition coefficient (Wildman–Crippen LogP) is 3.03. The Balaban J connectivity index is 1.27. The first-order valence-electron chi connectivity index (χ1n) is 10.9. The fraction of sp³-hybridized carbons (Fsp3) is 0.375. The average Bonchev–Trinajstić information content (AvgIpc) is 3.42. The largest absolute Gasteiger partial charge is 0.493 e. The second kappa shape index (κ2) is 9.32. The number of fused-ring (bicyclic) bond motifs is 2. The maximum atomic E-state index is 11.0. The maximum Gasteiger partial charge on any atom is 0.303 e. The van der Waals surface area contributed by atoms with Crippen LogP contribution in [0.4, 0.5) is 11.5 Å². The number of aromatic nitrogens is 2. The average molecular weight is 467 g/mol. The summed E-state index contributed by atoms with van der Waals surface area (Å²) < 4.78 is 28.4. The van der Waals surface area contributed by atoms with Crippen LogP contribution in [0.3, 0.4) is 0 Å². The minimum Gasteiger partial charge on any atom is -0.493 e. The topological polar surface area (TPSA) is 121 Å². The lowest BCUT2D eigenvalue weighted by Gasteiger charge is -2.18. The van der Waals surface area contributed by atoms with Gasteiger partial charge in [0, 0.05) is 23.1 Å². The molecule has 1 aromatic heterocycles. The van der Waals surface area contributed by atoms with Gasteiger partial charge in [0.05, 0.1) is 45.5 Å². The summed E-state index contributed by atoms with van der Waals surface area (Å²) in [4.78, 5) is 19.7. The molecule has 0 radical (unpaired) electrons. The Morgan fingerprint density at radius 2 is 1.79 bits per heavy atom. The molecule has 3 aromatic rings. The normalized spacial score (nSPS) is 23.5. The van der Waals surface area contributed by atoms with Crippen molar-refractivity contribution in [2.75, 3.05) is 32.8 Å². The Bertz CT molecular complexity index is 1190. The summed E-state index contributed by atoms with van der Waals surface area (Å²) in [6.45, 7) is 0.734. The fourth-order valence-corrected chi connectivity index (χ4v) is 4.45. The van der Waals surface area contributed by atoms with Crippen molar-refractivity contribution in [2.45, 2.75) is 24.7 Å². The van der Waals surface area contributed by atoms with E-state index >= 15 is 0 Å². The molecular weight excluding hydrogens is 442 g/mol. The summed E-state index contributed by atoms with van der Waals surface area (Å²) in [7, 11) is 3.17. The van der Waals surface area contributed by atoms with E-state index in [1.165, 1.54) is 6.33 Å². The number of benzene rings is 2. The number of methoxy groups -OCH3 is 2. The number of aliphatic carboxylic acids is 1. The lowest BCUT2D eigenvalue weighted by molar-refractivity contribution is -0.138. The van der Waals surface area contributed by atoms with Crippen molar-refractivity contribution in [2.24, 2.45) is 5.92 Å². The molecule has 178 valence electrons. The molecular formula is C24H25N3O7. The van der Waals surface area contributed by atoms with E-state index in [0.717, 1.165) is 16.6 Å². The second-order valence-corrected chi connectivity index (χ2v) is 8.21. The molecule has 0 spiro atoms. The second-order valence-electron chi connectivity index (χ2n) is 8.21. The molecule has 34 heavy (non-hydrogen) atoms. The molecule has 4 atom stereocenters. The lowest BCUT2D eigenvalue weighted by Crippen LogP contribution is -2.33.